The molecule has 1 aliphatic carbocycles. The molecule has 7 heteroatoms. The van der Waals surface area contributed by atoms with E-state index in [0.29, 0.717) is 52.0 Å². The Balaban J connectivity index is 1.59. The van der Waals surface area contributed by atoms with Gasteiger partial charge in [0, 0.05) is 40.2 Å². The normalized spacial score (nSPS) is 19.1. The van der Waals surface area contributed by atoms with Crippen molar-refractivity contribution >= 4 is 29.1 Å². The number of Topliss-reactive ketones (excluding diaryl/α,β-unsaturated/α-hetero) is 1. The first kappa shape index (κ1) is 24.1. The van der Waals surface area contributed by atoms with E-state index in [1.165, 1.54) is 0 Å². The summed E-state index contributed by atoms with van der Waals surface area (Å²) in [6.07, 6.45) is 2.81. The van der Waals surface area contributed by atoms with Crippen molar-refractivity contribution in [3.8, 4) is 11.3 Å². The second-order valence-electron chi connectivity index (χ2n) is 10.3. The predicted molar refractivity (Wildman–Crippen MR) is 140 cm³/mol. The Hall–Kier alpha value is -3.64. The molecule has 6 nitrogen and oxygen atoms in total. The van der Waals surface area contributed by atoms with Crippen molar-refractivity contribution in [1.82, 2.24) is 10.3 Å². The molecule has 1 unspecified atom stereocenters. The number of anilines is 1. The molecule has 1 amide bonds. The zero-order chi connectivity index (χ0) is 25.6. The van der Waals surface area contributed by atoms with Gasteiger partial charge in [-0.3, -0.25) is 9.59 Å². The Kier molecular flexibility index (Phi) is 6.08. The quantitative estimate of drug-likeness (QED) is 0.423. The Labute approximate surface area is 215 Å². The summed E-state index contributed by atoms with van der Waals surface area (Å²) in [5.41, 5.74) is 4.22. The van der Waals surface area contributed by atoms with Crippen molar-refractivity contribution in [3.63, 3.8) is 0 Å². The molecule has 36 heavy (non-hydrogen) atoms. The summed E-state index contributed by atoms with van der Waals surface area (Å²) in [4.78, 5) is 31.4. The molecule has 0 bridgehead atoms. The van der Waals surface area contributed by atoms with Crippen LogP contribution in [0.2, 0.25) is 5.02 Å². The molecular weight excluding hydrogens is 474 g/mol. The molecule has 2 aliphatic rings. The molecule has 2 N–H and O–H groups in total. The highest BCUT2D eigenvalue weighted by Crippen LogP contribution is 2.47. The van der Waals surface area contributed by atoms with Crippen LogP contribution in [0.25, 0.3) is 11.3 Å². The first-order chi connectivity index (χ1) is 17.1. The van der Waals surface area contributed by atoms with Gasteiger partial charge in [-0.15, -0.1) is 0 Å². The number of allylic oxidation sites excluding steroid dienone is 3. The van der Waals surface area contributed by atoms with Crippen LogP contribution < -0.4 is 10.6 Å². The van der Waals surface area contributed by atoms with Gasteiger partial charge in [0.05, 0.1) is 11.5 Å². The van der Waals surface area contributed by atoms with E-state index in [4.69, 9.17) is 16.0 Å². The van der Waals surface area contributed by atoms with Crippen LogP contribution in [0.1, 0.15) is 50.9 Å². The second-order valence-corrected chi connectivity index (χ2v) is 10.8. The Morgan fingerprint density at radius 1 is 1.14 bits per heavy atom. The van der Waals surface area contributed by atoms with Gasteiger partial charge in [-0.05, 0) is 61.6 Å². The van der Waals surface area contributed by atoms with Gasteiger partial charge in [0.1, 0.15) is 17.3 Å². The average Bonchev–Trinajstić information content (AvgIpc) is 3.29. The molecule has 1 atom stereocenters. The molecule has 0 spiro atoms. The molecule has 1 aromatic carbocycles. The van der Waals surface area contributed by atoms with Gasteiger partial charge in [-0.1, -0.05) is 43.6 Å². The molecule has 1 aliphatic heterocycles. The third-order valence-corrected chi connectivity index (χ3v) is 6.89. The summed E-state index contributed by atoms with van der Waals surface area (Å²) in [5, 5.41) is 6.87. The maximum atomic E-state index is 13.6. The number of amides is 1. The number of dihydropyridines is 1. The zero-order valence-electron chi connectivity index (χ0n) is 20.7. The molecule has 0 saturated heterocycles. The summed E-state index contributed by atoms with van der Waals surface area (Å²) in [6.45, 7) is 7.96. The molecule has 2 aromatic heterocycles. The van der Waals surface area contributed by atoms with E-state index in [-0.39, 0.29) is 17.1 Å². The fraction of sp³-hybridized carbons (Fsp3) is 0.276. The highest BCUT2D eigenvalue weighted by atomic mass is 35.5. The maximum absolute atomic E-state index is 13.6. The van der Waals surface area contributed by atoms with Crippen LogP contribution in [0.4, 0.5) is 5.82 Å². The van der Waals surface area contributed by atoms with Crippen LogP contribution in [-0.4, -0.2) is 16.7 Å². The lowest BCUT2D eigenvalue weighted by atomic mass is 9.69. The first-order valence-corrected chi connectivity index (χ1v) is 12.3. The lowest BCUT2D eigenvalue weighted by Crippen LogP contribution is -2.39. The predicted octanol–water partition coefficient (Wildman–Crippen LogP) is 6.55. The number of carbonyl (C=O) groups excluding carboxylic acids is 2. The smallest absolute Gasteiger partial charge is 0.255 e. The highest BCUT2D eigenvalue weighted by Gasteiger charge is 2.44. The van der Waals surface area contributed by atoms with Crippen LogP contribution in [0.15, 0.2) is 81.7 Å². The van der Waals surface area contributed by atoms with E-state index in [1.807, 2.05) is 50.2 Å². The number of rotatable bonds is 4. The lowest BCUT2D eigenvalue weighted by Gasteiger charge is -2.38. The monoisotopic (exact) mass is 501 g/mol. The minimum atomic E-state index is -0.636. The van der Waals surface area contributed by atoms with E-state index in [2.05, 4.69) is 29.5 Å². The van der Waals surface area contributed by atoms with E-state index >= 15 is 0 Å². The second kappa shape index (κ2) is 9.10. The Morgan fingerprint density at radius 3 is 2.67 bits per heavy atom. The standard InChI is InChI=1S/C29H28ClN3O3/c1-16-8-11-24(31-15-16)33-28(35)25-17(2)32-20-13-29(3,4)14-21(34)26(20)27(25)23-10-9-22(36-23)18-6-5-7-19(30)12-18/h5-12,15,27,32H,13-14H2,1-4H3,(H,31,33,35). The number of hydrogen-bond acceptors (Lipinski definition) is 5. The zero-order valence-corrected chi connectivity index (χ0v) is 21.5. The molecule has 0 fully saturated rings. The number of pyridine rings is 1. The number of nitrogens with one attached hydrogen (secondary N) is 2. The van der Waals surface area contributed by atoms with E-state index in [1.54, 1.807) is 18.3 Å². The Bertz CT molecular complexity index is 1430. The van der Waals surface area contributed by atoms with Crippen LogP contribution >= 0.6 is 11.6 Å². The minimum Gasteiger partial charge on any atom is -0.460 e. The topological polar surface area (TPSA) is 84.2 Å². The summed E-state index contributed by atoms with van der Waals surface area (Å²) >= 11 is 6.19. The fourth-order valence-corrected chi connectivity index (χ4v) is 5.24. The van der Waals surface area contributed by atoms with Gasteiger partial charge in [0.15, 0.2) is 5.78 Å². The van der Waals surface area contributed by atoms with Crippen molar-refractivity contribution in [2.45, 2.75) is 46.5 Å². The number of hydrogen-bond donors (Lipinski definition) is 2. The molecule has 5 rings (SSSR count). The summed E-state index contributed by atoms with van der Waals surface area (Å²) in [7, 11) is 0. The largest absolute Gasteiger partial charge is 0.460 e. The highest BCUT2D eigenvalue weighted by molar-refractivity contribution is 6.30. The van der Waals surface area contributed by atoms with Crippen molar-refractivity contribution in [3.05, 3.63) is 93.6 Å². The number of benzene rings is 1. The molecule has 0 saturated carbocycles. The number of halogens is 1. The summed E-state index contributed by atoms with van der Waals surface area (Å²) in [6, 6.07) is 14.7. The number of nitrogens with zero attached hydrogens (tertiary/aromatic N) is 1. The van der Waals surface area contributed by atoms with Crippen molar-refractivity contribution in [1.29, 1.82) is 0 Å². The van der Waals surface area contributed by atoms with Crippen LogP contribution in [0.5, 0.6) is 0 Å². The minimum absolute atomic E-state index is 0.0192. The van der Waals surface area contributed by atoms with E-state index < -0.39 is 5.92 Å². The molecule has 3 aromatic rings. The van der Waals surface area contributed by atoms with Gasteiger partial charge < -0.3 is 15.1 Å². The first-order valence-electron chi connectivity index (χ1n) is 11.9. The summed E-state index contributed by atoms with van der Waals surface area (Å²) in [5.74, 6) is 0.655. The summed E-state index contributed by atoms with van der Waals surface area (Å²) < 4.78 is 6.31. The number of aryl methyl sites for hydroxylation is 1. The third kappa shape index (κ3) is 4.61. The van der Waals surface area contributed by atoms with Crippen LogP contribution in [-0.2, 0) is 9.59 Å². The SMILES string of the molecule is CC1=C(C(=O)Nc2ccc(C)cn2)C(c2ccc(-c3cccc(Cl)c3)o2)C2=C(CC(C)(C)CC2=O)N1. The lowest BCUT2D eigenvalue weighted by molar-refractivity contribution is -0.118. The molecule has 0 radical (unpaired) electrons. The van der Waals surface area contributed by atoms with Gasteiger partial charge in [0.25, 0.3) is 5.91 Å². The van der Waals surface area contributed by atoms with Crippen molar-refractivity contribution in [2.75, 3.05) is 5.32 Å². The molecular formula is C29H28ClN3O3. The fourth-order valence-electron chi connectivity index (χ4n) is 5.05. The van der Waals surface area contributed by atoms with Gasteiger partial charge in [-0.25, -0.2) is 4.98 Å². The number of carbonyl (C=O) groups is 2. The van der Waals surface area contributed by atoms with Crippen molar-refractivity contribution < 1.29 is 14.0 Å². The number of aromatic nitrogens is 1. The maximum Gasteiger partial charge on any atom is 0.255 e. The van der Waals surface area contributed by atoms with E-state index in [9.17, 15) is 9.59 Å². The van der Waals surface area contributed by atoms with Crippen molar-refractivity contribution in [2.24, 2.45) is 5.41 Å². The Morgan fingerprint density at radius 2 is 1.94 bits per heavy atom. The molecule has 184 valence electrons. The third-order valence-electron chi connectivity index (χ3n) is 6.66. The van der Waals surface area contributed by atoms with Gasteiger partial charge >= 0.3 is 0 Å². The van der Waals surface area contributed by atoms with Crippen LogP contribution in [0, 0.1) is 12.3 Å². The van der Waals surface area contributed by atoms with Gasteiger partial charge in [-0.2, -0.15) is 0 Å². The molecule has 3 heterocycles. The van der Waals surface area contributed by atoms with Crippen LogP contribution in [0.3, 0.4) is 0 Å². The number of ketones is 1. The van der Waals surface area contributed by atoms with E-state index in [0.717, 1.165) is 16.8 Å². The average molecular weight is 502 g/mol. The number of furan rings is 1. The van der Waals surface area contributed by atoms with Gasteiger partial charge in [0.2, 0.25) is 0 Å².